The van der Waals surface area contributed by atoms with Gasteiger partial charge in [-0.05, 0) is 13.8 Å². The van der Waals surface area contributed by atoms with Crippen LogP contribution in [0.15, 0.2) is 0 Å². The Bertz CT molecular complexity index is 291. The fourth-order valence-corrected chi connectivity index (χ4v) is 3.24. The second-order valence-electron chi connectivity index (χ2n) is 3.98. The molecule has 1 rings (SSSR count). The first kappa shape index (κ1) is 12.9. The standard InChI is InChI=1S/C8H20N4O2S/c1-7(2)11-15(13,14)12-4-3-10-6-8(12)5-9/h7-8,10-11H,3-6,9H2,1-2H3. The number of nitrogens with zero attached hydrogens (tertiary/aromatic N) is 1. The predicted molar refractivity (Wildman–Crippen MR) is 59.6 cm³/mol. The Morgan fingerprint density at radius 3 is 2.80 bits per heavy atom. The zero-order chi connectivity index (χ0) is 11.5. The zero-order valence-corrected chi connectivity index (χ0v) is 10.0. The highest BCUT2D eigenvalue weighted by molar-refractivity contribution is 7.87. The van der Waals surface area contributed by atoms with E-state index in [1.54, 1.807) is 13.8 Å². The maximum absolute atomic E-state index is 11.9. The van der Waals surface area contributed by atoms with Crippen molar-refractivity contribution in [3.8, 4) is 0 Å². The Hall–Kier alpha value is -0.210. The fraction of sp³-hybridized carbons (Fsp3) is 1.00. The van der Waals surface area contributed by atoms with E-state index < -0.39 is 10.2 Å². The second-order valence-corrected chi connectivity index (χ2v) is 5.64. The number of hydrogen-bond donors (Lipinski definition) is 3. The molecule has 7 heteroatoms. The maximum Gasteiger partial charge on any atom is 0.280 e. The average Bonchev–Trinajstić information content (AvgIpc) is 2.16. The van der Waals surface area contributed by atoms with Crippen molar-refractivity contribution in [1.29, 1.82) is 0 Å². The van der Waals surface area contributed by atoms with Crippen molar-refractivity contribution < 1.29 is 8.42 Å². The molecule has 0 bridgehead atoms. The summed E-state index contributed by atoms with van der Waals surface area (Å²) in [6, 6.07) is -0.238. The third-order valence-electron chi connectivity index (χ3n) is 2.26. The predicted octanol–water partition coefficient (Wildman–Crippen LogP) is -1.54. The van der Waals surface area contributed by atoms with Gasteiger partial charge in [0.2, 0.25) is 0 Å². The molecule has 1 heterocycles. The van der Waals surface area contributed by atoms with Gasteiger partial charge >= 0.3 is 0 Å². The Morgan fingerprint density at radius 1 is 1.60 bits per heavy atom. The molecule has 1 atom stereocenters. The van der Waals surface area contributed by atoms with Gasteiger partial charge in [0, 0.05) is 32.2 Å². The smallest absolute Gasteiger partial charge is 0.280 e. The summed E-state index contributed by atoms with van der Waals surface area (Å²) in [4.78, 5) is 0. The van der Waals surface area contributed by atoms with E-state index in [1.165, 1.54) is 4.31 Å². The summed E-state index contributed by atoms with van der Waals surface area (Å²) in [5.74, 6) is 0. The van der Waals surface area contributed by atoms with Gasteiger partial charge in [-0.15, -0.1) is 0 Å². The van der Waals surface area contributed by atoms with Crippen molar-refractivity contribution in [2.75, 3.05) is 26.2 Å². The van der Waals surface area contributed by atoms with Crippen molar-refractivity contribution in [3.63, 3.8) is 0 Å². The molecular weight excluding hydrogens is 216 g/mol. The van der Waals surface area contributed by atoms with Crippen molar-refractivity contribution in [1.82, 2.24) is 14.3 Å². The van der Waals surface area contributed by atoms with E-state index in [9.17, 15) is 8.42 Å². The van der Waals surface area contributed by atoms with E-state index in [0.29, 0.717) is 26.2 Å². The molecule has 0 saturated carbocycles. The molecule has 1 aliphatic heterocycles. The summed E-state index contributed by atoms with van der Waals surface area (Å²) >= 11 is 0. The highest BCUT2D eigenvalue weighted by atomic mass is 32.2. The molecule has 0 amide bonds. The SMILES string of the molecule is CC(C)NS(=O)(=O)N1CCNCC1CN. The molecule has 0 aromatic heterocycles. The van der Waals surface area contributed by atoms with Gasteiger partial charge in [0.15, 0.2) is 0 Å². The summed E-state index contributed by atoms with van der Waals surface area (Å²) < 4.78 is 27.8. The lowest BCUT2D eigenvalue weighted by Gasteiger charge is -2.34. The Morgan fingerprint density at radius 2 is 2.27 bits per heavy atom. The van der Waals surface area contributed by atoms with E-state index >= 15 is 0 Å². The van der Waals surface area contributed by atoms with Crippen LogP contribution in [0, 0.1) is 0 Å². The summed E-state index contributed by atoms with van der Waals surface area (Å²) in [5.41, 5.74) is 5.55. The van der Waals surface area contributed by atoms with E-state index in [0.717, 1.165) is 0 Å². The molecule has 0 aliphatic carbocycles. The second kappa shape index (κ2) is 5.22. The lowest BCUT2D eigenvalue weighted by molar-refractivity contribution is 0.268. The molecule has 1 fully saturated rings. The van der Waals surface area contributed by atoms with Crippen LogP contribution in [0.4, 0.5) is 0 Å². The molecule has 6 nitrogen and oxygen atoms in total. The van der Waals surface area contributed by atoms with Crippen LogP contribution in [-0.4, -0.2) is 51.0 Å². The number of nitrogens with two attached hydrogens (primary N) is 1. The van der Waals surface area contributed by atoms with Crippen LogP contribution in [0.25, 0.3) is 0 Å². The number of hydrogen-bond acceptors (Lipinski definition) is 4. The monoisotopic (exact) mass is 236 g/mol. The first-order valence-corrected chi connectivity index (χ1v) is 6.61. The number of rotatable bonds is 4. The van der Waals surface area contributed by atoms with Gasteiger partial charge < -0.3 is 11.1 Å². The summed E-state index contributed by atoms with van der Waals surface area (Å²) in [7, 11) is -3.38. The van der Waals surface area contributed by atoms with Crippen LogP contribution in [0.3, 0.4) is 0 Å². The molecule has 90 valence electrons. The number of nitrogens with one attached hydrogen (secondary N) is 2. The van der Waals surface area contributed by atoms with Crippen LogP contribution < -0.4 is 15.8 Å². The normalized spacial score (nSPS) is 24.7. The first-order valence-electron chi connectivity index (χ1n) is 5.17. The van der Waals surface area contributed by atoms with E-state index in [4.69, 9.17) is 5.73 Å². The quantitative estimate of drug-likeness (QED) is 0.552. The van der Waals surface area contributed by atoms with Gasteiger partial charge in [-0.3, -0.25) is 0 Å². The topological polar surface area (TPSA) is 87.5 Å². The third kappa shape index (κ3) is 3.39. The minimum Gasteiger partial charge on any atom is -0.329 e. The Kier molecular flexibility index (Phi) is 4.47. The molecule has 0 aromatic rings. The molecule has 1 saturated heterocycles. The van der Waals surface area contributed by atoms with Crippen LogP contribution in [-0.2, 0) is 10.2 Å². The van der Waals surface area contributed by atoms with E-state index in [1.807, 2.05) is 0 Å². The highest BCUT2D eigenvalue weighted by Crippen LogP contribution is 2.07. The molecule has 0 radical (unpaired) electrons. The zero-order valence-electron chi connectivity index (χ0n) is 9.23. The molecular formula is C8H20N4O2S. The Labute approximate surface area is 91.4 Å². The molecule has 4 N–H and O–H groups in total. The molecule has 1 aliphatic rings. The summed E-state index contributed by atoms with van der Waals surface area (Å²) in [6.07, 6.45) is 0. The molecule has 1 unspecified atom stereocenters. The average molecular weight is 236 g/mol. The van der Waals surface area contributed by atoms with Crippen LogP contribution in [0.2, 0.25) is 0 Å². The van der Waals surface area contributed by atoms with Crippen LogP contribution in [0.1, 0.15) is 13.8 Å². The molecule has 0 aromatic carbocycles. The largest absolute Gasteiger partial charge is 0.329 e. The van der Waals surface area contributed by atoms with Gasteiger partial charge in [-0.25, -0.2) is 0 Å². The fourth-order valence-electron chi connectivity index (χ4n) is 1.63. The summed E-state index contributed by atoms with van der Waals surface area (Å²) in [6.45, 7) is 5.72. The van der Waals surface area contributed by atoms with E-state index in [2.05, 4.69) is 10.0 Å². The van der Waals surface area contributed by atoms with Crippen LogP contribution in [0.5, 0.6) is 0 Å². The van der Waals surface area contributed by atoms with Crippen molar-refractivity contribution >= 4 is 10.2 Å². The van der Waals surface area contributed by atoms with Gasteiger partial charge in [-0.1, -0.05) is 0 Å². The minimum atomic E-state index is -3.38. The lowest BCUT2D eigenvalue weighted by atomic mass is 10.2. The van der Waals surface area contributed by atoms with Gasteiger partial charge in [-0.2, -0.15) is 17.4 Å². The van der Waals surface area contributed by atoms with Crippen molar-refractivity contribution in [2.45, 2.75) is 25.9 Å². The molecule has 0 spiro atoms. The third-order valence-corrected chi connectivity index (χ3v) is 4.13. The molecule has 15 heavy (non-hydrogen) atoms. The minimum absolute atomic E-state index is 0.0942. The van der Waals surface area contributed by atoms with Crippen molar-refractivity contribution in [2.24, 2.45) is 5.73 Å². The van der Waals surface area contributed by atoms with Crippen molar-refractivity contribution in [3.05, 3.63) is 0 Å². The number of piperazine rings is 1. The Balaban J connectivity index is 2.74. The maximum atomic E-state index is 11.9. The van der Waals surface area contributed by atoms with Gasteiger partial charge in [0.25, 0.3) is 10.2 Å². The van der Waals surface area contributed by atoms with E-state index in [-0.39, 0.29) is 12.1 Å². The first-order chi connectivity index (χ1) is 6.97. The lowest BCUT2D eigenvalue weighted by Crippen LogP contribution is -2.59. The highest BCUT2D eigenvalue weighted by Gasteiger charge is 2.31. The summed E-state index contributed by atoms with van der Waals surface area (Å²) in [5, 5.41) is 3.13. The van der Waals surface area contributed by atoms with Crippen LogP contribution >= 0.6 is 0 Å². The van der Waals surface area contributed by atoms with Gasteiger partial charge in [0.1, 0.15) is 0 Å². The van der Waals surface area contributed by atoms with Gasteiger partial charge in [0.05, 0.1) is 6.04 Å².